The number of carbonyl (C=O) groups excluding carboxylic acids is 1. The molecule has 0 aromatic heterocycles. The summed E-state index contributed by atoms with van der Waals surface area (Å²) in [5, 5.41) is 4.89. The first-order valence-electron chi connectivity index (χ1n) is 5.30. The highest BCUT2D eigenvalue weighted by molar-refractivity contribution is 5.77. The molecule has 14 heavy (non-hydrogen) atoms. The first-order valence-corrected chi connectivity index (χ1v) is 5.30. The lowest BCUT2D eigenvalue weighted by Gasteiger charge is -2.22. The van der Waals surface area contributed by atoms with Crippen LogP contribution < -0.4 is 5.32 Å². The van der Waals surface area contributed by atoms with Crippen LogP contribution in [0.15, 0.2) is 0 Å². The summed E-state index contributed by atoms with van der Waals surface area (Å²) in [4.78, 5) is 17.1. The number of hydrogen-bond acceptors (Lipinski definition) is 3. The Balaban J connectivity index is 1.89. The third kappa shape index (κ3) is 2.07. The lowest BCUT2D eigenvalue weighted by atomic mass is 10.1. The van der Waals surface area contributed by atoms with E-state index in [9.17, 15) is 4.79 Å². The number of hydrogen-bond donors (Lipinski definition) is 1. The molecule has 1 N–H and O–H groups in total. The lowest BCUT2D eigenvalue weighted by Crippen LogP contribution is -2.38. The maximum atomic E-state index is 11.6. The molecule has 0 bridgehead atoms. The summed E-state index contributed by atoms with van der Waals surface area (Å²) < 4.78 is 0. The van der Waals surface area contributed by atoms with Gasteiger partial charge in [-0.05, 0) is 33.2 Å². The van der Waals surface area contributed by atoms with Crippen molar-refractivity contribution in [1.29, 1.82) is 0 Å². The van der Waals surface area contributed by atoms with Crippen LogP contribution in [0, 0.1) is 0 Å². The number of carbonyl (C=O) groups is 1. The average Bonchev–Trinajstić information content (AvgIpc) is 2.61. The molecular formula is C10H18N2O2. The first-order chi connectivity index (χ1) is 6.57. The molecule has 1 unspecified atom stereocenters. The molecule has 1 atom stereocenters. The molecule has 2 fully saturated rings. The Kier molecular flexibility index (Phi) is 2.49. The summed E-state index contributed by atoms with van der Waals surface area (Å²) in [6.07, 6.45) is 2.85. The van der Waals surface area contributed by atoms with Crippen LogP contribution >= 0.6 is 0 Å². The molecule has 0 radical (unpaired) electrons. The number of hydroxylamine groups is 2. The number of nitrogens with one attached hydrogen (secondary N) is 1. The molecule has 1 amide bonds. The normalized spacial score (nSPS) is 31.4. The fourth-order valence-electron chi connectivity index (χ4n) is 2.09. The zero-order chi connectivity index (χ0) is 10.2. The van der Waals surface area contributed by atoms with Crippen molar-refractivity contribution in [3.63, 3.8) is 0 Å². The summed E-state index contributed by atoms with van der Waals surface area (Å²) in [6, 6.07) is 0.424. The van der Waals surface area contributed by atoms with Crippen molar-refractivity contribution >= 4 is 5.91 Å². The van der Waals surface area contributed by atoms with Crippen LogP contribution in [0.5, 0.6) is 0 Å². The summed E-state index contributed by atoms with van der Waals surface area (Å²) in [5.41, 5.74) is -0.310. The van der Waals surface area contributed by atoms with E-state index in [2.05, 4.69) is 5.32 Å². The van der Waals surface area contributed by atoms with Gasteiger partial charge in [0.05, 0.1) is 18.6 Å². The fourth-order valence-corrected chi connectivity index (χ4v) is 2.09. The predicted molar refractivity (Wildman–Crippen MR) is 52.5 cm³/mol. The highest BCUT2D eigenvalue weighted by Crippen LogP contribution is 2.26. The molecular weight excluding hydrogens is 180 g/mol. The van der Waals surface area contributed by atoms with Gasteiger partial charge < -0.3 is 5.32 Å². The molecule has 2 aliphatic rings. The van der Waals surface area contributed by atoms with Crippen molar-refractivity contribution in [2.24, 2.45) is 0 Å². The molecule has 4 nitrogen and oxygen atoms in total. The van der Waals surface area contributed by atoms with E-state index in [1.54, 1.807) is 0 Å². The largest absolute Gasteiger partial charge is 0.312 e. The Bertz CT molecular complexity index is 234. The molecule has 0 spiro atoms. The Hall–Kier alpha value is -0.610. The van der Waals surface area contributed by atoms with Crippen molar-refractivity contribution in [3.05, 3.63) is 0 Å². The van der Waals surface area contributed by atoms with Gasteiger partial charge >= 0.3 is 0 Å². The van der Waals surface area contributed by atoms with Crippen molar-refractivity contribution in [1.82, 2.24) is 10.4 Å². The third-order valence-corrected chi connectivity index (χ3v) is 2.76. The van der Waals surface area contributed by atoms with Crippen LogP contribution in [0.4, 0.5) is 0 Å². The predicted octanol–water partition coefficient (Wildman–Crippen LogP) is 0.681. The van der Waals surface area contributed by atoms with E-state index in [-0.39, 0.29) is 11.5 Å². The minimum Gasteiger partial charge on any atom is -0.312 e. The molecule has 2 heterocycles. The van der Waals surface area contributed by atoms with Gasteiger partial charge in [0.1, 0.15) is 0 Å². The van der Waals surface area contributed by atoms with Gasteiger partial charge in [0.15, 0.2) is 0 Å². The van der Waals surface area contributed by atoms with E-state index in [0.29, 0.717) is 19.0 Å². The van der Waals surface area contributed by atoms with Gasteiger partial charge in [-0.3, -0.25) is 9.63 Å². The minimum atomic E-state index is -0.310. The van der Waals surface area contributed by atoms with Crippen molar-refractivity contribution in [3.8, 4) is 0 Å². The van der Waals surface area contributed by atoms with E-state index in [1.807, 2.05) is 13.8 Å². The summed E-state index contributed by atoms with van der Waals surface area (Å²) >= 11 is 0. The van der Waals surface area contributed by atoms with Gasteiger partial charge in [-0.15, -0.1) is 0 Å². The molecule has 0 saturated carbocycles. The van der Waals surface area contributed by atoms with Crippen LogP contribution in [-0.2, 0) is 9.63 Å². The van der Waals surface area contributed by atoms with Gasteiger partial charge in [-0.25, -0.2) is 5.06 Å². The van der Waals surface area contributed by atoms with Crippen LogP contribution in [0.3, 0.4) is 0 Å². The lowest BCUT2D eigenvalue weighted by molar-refractivity contribution is -0.192. The average molecular weight is 198 g/mol. The molecule has 4 heteroatoms. The fraction of sp³-hybridized carbons (Fsp3) is 0.900. The minimum absolute atomic E-state index is 0.115. The second-order valence-electron chi connectivity index (χ2n) is 4.78. The molecule has 80 valence electrons. The van der Waals surface area contributed by atoms with E-state index in [1.165, 1.54) is 11.5 Å². The van der Waals surface area contributed by atoms with E-state index < -0.39 is 0 Å². The van der Waals surface area contributed by atoms with Crippen molar-refractivity contribution < 1.29 is 9.63 Å². The Labute approximate surface area is 84.6 Å². The molecule has 2 aliphatic heterocycles. The second kappa shape index (κ2) is 3.51. The summed E-state index contributed by atoms with van der Waals surface area (Å²) in [7, 11) is 0. The van der Waals surface area contributed by atoms with Gasteiger partial charge in [0.25, 0.3) is 0 Å². The number of amides is 1. The maximum absolute atomic E-state index is 11.6. The highest BCUT2D eigenvalue weighted by Gasteiger charge is 2.38. The topological polar surface area (TPSA) is 41.6 Å². The van der Waals surface area contributed by atoms with Crippen molar-refractivity contribution in [2.75, 3.05) is 13.1 Å². The monoisotopic (exact) mass is 198 g/mol. The van der Waals surface area contributed by atoms with E-state index in [0.717, 1.165) is 13.0 Å². The van der Waals surface area contributed by atoms with Gasteiger partial charge in [-0.1, -0.05) is 0 Å². The second-order valence-corrected chi connectivity index (χ2v) is 4.78. The third-order valence-electron chi connectivity index (χ3n) is 2.76. The summed E-state index contributed by atoms with van der Waals surface area (Å²) in [6.45, 7) is 5.66. The number of nitrogens with zero attached hydrogens (tertiary/aromatic N) is 1. The van der Waals surface area contributed by atoms with Crippen molar-refractivity contribution in [2.45, 2.75) is 44.8 Å². The van der Waals surface area contributed by atoms with Gasteiger partial charge in [0.2, 0.25) is 5.91 Å². The Morgan fingerprint density at radius 2 is 2.43 bits per heavy atom. The maximum Gasteiger partial charge on any atom is 0.249 e. The van der Waals surface area contributed by atoms with E-state index >= 15 is 0 Å². The van der Waals surface area contributed by atoms with Crippen LogP contribution in [0.2, 0.25) is 0 Å². The molecule has 0 aromatic rings. The first kappa shape index (κ1) is 9.93. The summed E-state index contributed by atoms with van der Waals surface area (Å²) in [5.74, 6) is 0.115. The quantitative estimate of drug-likeness (QED) is 0.709. The SMILES string of the molecule is CC1(C)CC(=O)N(CC2CCCN2)O1. The van der Waals surface area contributed by atoms with Crippen LogP contribution in [0.1, 0.15) is 33.1 Å². The van der Waals surface area contributed by atoms with Crippen LogP contribution in [0.25, 0.3) is 0 Å². The zero-order valence-corrected chi connectivity index (χ0v) is 8.88. The van der Waals surface area contributed by atoms with E-state index in [4.69, 9.17) is 4.84 Å². The Morgan fingerprint density at radius 1 is 1.64 bits per heavy atom. The highest BCUT2D eigenvalue weighted by atomic mass is 16.7. The van der Waals surface area contributed by atoms with Crippen LogP contribution in [-0.4, -0.2) is 35.7 Å². The molecule has 0 aromatic carbocycles. The zero-order valence-electron chi connectivity index (χ0n) is 8.88. The Morgan fingerprint density at radius 3 is 2.93 bits per heavy atom. The smallest absolute Gasteiger partial charge is 0.249 e. The number of rotatable bonds is 2. The molecule has 2 rings (SSSR count). The molecule has 0 aliphatic carbocycles. The molecule has 2 saturated heterocycles. The standard InChI is InChI=1S/C10H18N2O2/c1-10(2)6-9(13)12(14-10)7-8-4-3-5-11-8/h8,11H,3-7H2,1-2H3. The van der Waals surface area contributed by atoms with Gasteiger partial charge in [0, 0.05) is 6.04 Å². The van der Waals surface area contributed by atoms with Gasteiger partial charge in [-0.2, -0.15) is 0 Å².